The molecule has 2 saturated carbocycles. The van der Waals surface area contributed by atoms with Gasteiger partial charge < -0.3 is 14.8 Å². The van der Waals surface area contributed by atoms with E-state index in [1.807, 2.05) is 36.3 Å². The number of nitrogens with one attached hydrogen (secondary N) is 1. The quantitative estimate of drug-likeness (QED) is 0.329. The van der Waals surface area contributed by atoms with E-state index in [0.717, 1.165) is 34.7 Å². The third kappa shape index (κ3) is 5.66. The van der Waals surface area contributed by atoms with E-state index in [0.29, 0.717) is 27.9 Å². The first-order valence-electron chi connectivity index (χ1n) is 17.8. The van der Waals surface area contributed by atoms with E-state index in [9.17, 15) is 9.90 Å². The monoisotopic (exact) mass is 615 g/mol. The van der Waals surface area contributed by atoms with Crippen molar-refractivity contribution in [3.8, 4) is 5.75 Å². The van der Waals surface area contributed by atoms with Crippen LogP contribution in [-0.4, -0.2) is 23.3 Å². The lowest BCUT2D eigenvalue weighted by atomic mass is 9.43. The highest BCUT2D eigenvalue weighted by Gasteiger charge is 2.63. The predicted octanol–water partition coefficient (Wildman–Crippen LogP) is 10.3. The zero-order chi connectivity index (χ0) is 32.9. The van der Waals surface area contributed by atoms with Gasteiger partial charge in [-0.25, -0.2) is 0 Å². The highest BCUT2D eigenvalue weighted by atomic mass is 16.5. The maximum atomic E-state index is 11.3. The van der Waals surface area contributed by atoms with Crippen LogP contribution in [0.2, 0.25) is 0 Å². The van der Waals surface area contributed by atoms with Crippen LogP contribution >= 0.6 is 0 Å². The molecular weight excluding hydrogens is 554 g/mol. The van der Waals surface area contributed by atoms with Gasteiger partial charge in [-0.3, -0.25) is 4.79 Å². The number of rotatable bonds is 5. The Labute approximate surface area is 273 Å². The van der Waals surface area contributed by atoms with Crippen LogP contribution in [0.5, 0.6) is 5.75 Å². The average molecular weight is 616 g/mol. The Hall–Kier alpha value is -2.33. The second-order valence-electron chi connectivity index (χ2n) is 16.8. The van der Waals surface area contributed by atoms with E-state index >= 15 is 0 Å². The third-order valence-electron chi connectivity index (χ3n) is 13.9. The van der Waals surface area contributed by atoms with Crippen molar-refractivity contribution in [1.82, 2.24) is 4.98 Å². The topological polar surface area (TPSA) is 62.3 Å². The molecule has 0 bridgehead atoms. The van der Waals surface area contributed by atoms with Gasteiger partial charge in [0.05, 0.1) is 18.7 Å². The van der Waals surface area contributed by atoms with Gasteiger partial charge in [0, 0.05) is 11.5 Å². The van der Waals surface area contributed by atoms with Crippen LogP contribution in [0.25, 0.3) is 10.9 Å². The number of H-pyrrole nitrogens is 1. The summed E-state index contributed by atoms with van der Waals surface area (Å²) in [6.45, 7) is 21.5. The van der Waals surface area contributed by atoms with E-state index in [1.54, 1.807) is 13.2 Å². The van der Waals surface area contributed by atoms with Crippen molar-refractivity contribution >= 4 is 10.9 Å². The Kier molecular flexibility index (Phi) is 9.34. The molecule has 6 rings (SSSR count). The summed E-state index contributed by atoms with van der Waals surface area (Å²) in [5.41, 5.74) is 8.04. The molecule has 7 unspecified atom stereocenters. The fourth-order valence-corrected chi connectivity index (χ4v) is 11.1. The summed E-state index contributed by atoms with van der Waals surface area (Å²) in [6, 6.07) is 7.29. The number of aromatic nitrogens is 1. The number of aryl methyl sites for hydroxylation is 1. The SMILES string of the molecule is CC(C)=CCCC(C)C1CCC2(C)C3=C(CCC12C)C1(C)CCC(O)C(C)(C)C1CC3.COc1cccc2c(C)cc(=O)[nH]c12. The Balaban J connectivity index is 0.000000238. The van der Waals surface area contributed by atoms with Gasteiger partial charge in [0.15, 0.2) is 0 Å². The van der Waals surface area contributed by atoms with Crippen LogP contribution in [0.1, 0.15) is 125 Å². The van der Waals surface area contributed by atoms with Gasteiger partial charge in [-0.1, -0.05) is 76.5 Å². The average Bonchev–Trinajstić information content (AvgIpc) is 3.26. The lowest BCUT2D eigenvalue weighted by Gasteiger charge is -2.62. The molecule has 45 heavy (non-hydrogen) atoms. The molecule has 1 aromatic carbocycles. The first-order valence-corrected chi connectivity index (χ1v) is 17.8. The Morgan fingerprint density at radius 3 is 2.47 bits per heavy atom. The number of methoxy groups -OCH3 is 1. The molecule has 1 heterocycles. The number of aromatic amines is 1. The molecule has 0 radical (unpaired) electrons. The maximum Gasteiger partial charge on any atom is 0.248 e. The number of para-hydroxylation sites is 1. The number of aliphatic hydroxyl groups is 1. The molecular formula is C41H61NO3. The largest absolute Gasteiger partial charge is 0.495 e. The highest BCUT2D eigenvalue weighted by Crippen LogP contribution is 2.72. The molecule has 0 saturated heterocycles. The Bertz CT molecular complexity index is 1520. The summed E-state index contributed by atoms with van der Waals surface area (Å²) in [4.78, 5) is 14.0. The second kappa shape index (κ2) is 12.4. The first-order chi connectivity index (χ1) is 21.1. The first kappa shape index (κ1) is 34.0. The van der Waals surface area contributed by atoms with Crippen LogP contribution in [0.3, 0.4) is 0 Å². The third-order valence-corrected chi connectivity index (χ3v) is 13.9. The summed E-state index contributed by atoms with van der Waals surface area (Å²) < 4.78 is 5.17. The molecule has 2 aromatic rings. The van der Waals surface area contributed by atoms with Gasteiger partial charge in [-0.05, 0) is 136 Å². The summed E-state index contributed by atoms with van der Waals surface area (Å²) in [5, 5.41) is 11.8. The zero-order valence-electron chi connectivity index (χ0n) is 30.0. The van der Waals surface area contributed by atoms with Crippen LogP contribution in [0.4, 0.5) is 0 Å². The van der Waals surface area contributed by atoms with Crippen molar-refractivity contribution < 1.29 is 9.84 Å². The van der Waals surface area contributed by atoms with E-state index in [2.05, 4.69) is 66.4 Å². The van der Waals surface area contributed by atoms with E-state index in [-0.39, 0.29) is 17.1 Å². The highest BCUT2D eigenvalue weighted by molar-refractivity contribution is 5.86. The summed E-state index contributed by atoms with van der Waals surface area (Å²) >= 11 is 0. The zero-order valence-corrected chi connectivity index (χ0v) is 30.0. The minimum atomic E-state index is -0.130. The molecule has 4 heteroatoms. The summed E-state index contributed by atoms with van der Waals surface area (Å²) in [5.74, 6) is 3.02. The molecule has 0 aliphatic heterocycles. The van der Waals surface area contributed by atoms with Gasteiger partial charge in [0.1, 0.15) is 5.75 Å². The summed E-state index contributed by atoms with van der Waals surface area (Å²) in [6.07, 6.45) is 15.2. The molecule has 4 aliphatic carbocycles. The van der Waals surface area contributed by atoms with Crippen molar-refractivity contribution in [2.45, 2.75) is 133 Å². The number of fused-ring (bicyclic) bond motifs is 5. The van der Waals surface area contributed by atoms with Gasteiger partial charge in [-0.15, -0.1) is 0 Å². The van der Waals surface area contributed by atoms with Crippen molar-refractivity contribution in [3.63, 3.8) is 0 Å². The molecule has 2 N–H and O–H groups in total. The van der Waals surface area contributed by atoms with Gasteiger partial charge in [0.2, 0.25) is 5.56 Å². The molecule has 0 spiro atoms. The molecule has 4 aliphatic rings. The number of hydrogen-bond acceptors (Lipinski definition) is 3. The standard InChI is InChI=1S/C30H50O.C11H11NO2/c1-20(2)10-9-11-21(3)22-14-18-30(8)24-12-13-25-27(4,5)26(31)16-17-28(25,6)23(24)15-19-29(22,30)7;1-7-6-10(13)12-11-8(7)4-3-5-9(11)14-2/h10,21-22,25-26,31H,9,11-19H2,1-8H3;3-6H,1-2H3,(H,12,13). The Morgan fingerprint density at radius 1 is 1.04 bits per heavy atom. The van der Waals surface area contributed by atoms with Crippen molar-refractivity contribution in [1.29, 1.82) is 0 Å². The van der Waals surface area contributed by atoms with Crippen molar-refractivity contribution in [3.05, 3.63) is 63.0 Å². The number of ether oxygens (including phenoxy) is 1. The minimum absolute atomic E-state index is 0.0465. The molecule has 4 nitrogen and oxygen atoms in total. The lowest BCUT2D eigenvalue weighted by Crippen LogP contribution is -2.55. The number of aliphatic hydroxyl groups excluding tert-OH is 1. The number of hydrogen-bond donors (Lipinski definition) is 2. The minimum Gasteiger partial charge on any atom is -0.495 e. The molecule has 1 aromatic heterocycles. The van der Waals surface area contributed by atoms with Crippen molar-refractivity contribution in [2.75, 3.05) is 7.11 Å². The van der Waals surface area contributed by atoms with Gasteiger partial charge in [0.25, 0.3) is 0 Å². The van der Waals surface area contributed by atoms with Crippen LogP contribution in [0.15, 0.2) is 51.9 Å². The van der Waals surface area contributed by atoms with E-state index in [4.69, 9.17) is 4.74 Å². The summed E-state index contributed by atoms with van der Waals surface area (Å²) in [7, 11) is 1.59. The van der Waals surface area contributed by atoms with Crippen LogP contribution in [-0.2, 0) is 0 Å². The number of benzene rings is 1. The Morgan fingerprint density at radius 2 is 1.78 bits per heavy atom. The van der Waals surface area contributed by atoms with E-state index < -0.39 is 0 Å². The number of pyridine rings is 1. The van der Waals surface area contributed by atoms with Gasteiger partial charge in [-0.2, -0.15) is 0 Å². The van der Waals surface area contributed by atoms with Crippen LogP contribution in [0, 0.1) is 46.3 Å². The maximum absolute atomic E-state index is 11.3. The normalized spacial score (nSPS) is 34.2. The smallest absolute Gasteiger partial charge is 0.248 e. The molecule has 0 amide bonds. The predicted molar refractivity (Wildman–Crippen MR) is 189 cm³/mol. The molecule has 2 fully saturated rings. The molecule has 7 atom stereocenters. The van der Waals surface area contributed by atoms with Crippen molar-refractivity contribution in [2.24, 2.45) is 39.4 Å². The fraction of sp³-hybridized carbons (Fsp3) is 0.683. The number of allylic oxidation sites excluding steroid dienone is 4. The van der Waals surface area contributed by atoms with Crippen LogP contribution < -0.4 is 10.3 Å². The van der Waals surface area contributed by atoms with Gasteiger partial charge >= 0.3 is 0 Å². The van der Waals surface area contributed by atoms with E-state index in [1.165, 1.54) is 63.4 Å². The second-order valence-corrected chi connectivity index (χ2v) is 16.8. The fourth-order valence-electron chi connectivity index (χ4n) is 11.1. The molecule has 248 valence electrons. The lowest BCUT2D eigenvalue weighted by molar-refractivity contribution is -0.0962.